The fourth-order valence-electron chi connectivity index (χ4n) is 4.25. The van der Waals surface area contributed by atoms with Crippen LogP contribution in [0.3, 0.4) is 0 Å². The minimum atomic E-state index is -3.77. The van der Waals surface area contributed by atoms with E-state index in [0.717, 1.165) is 43.5 Å². The van der Waals surface area contributed by atoms with Crippen LogP contribution in [-0.4, -0.2) is 67.7 Å². The second kappa shape index (κ2) is 11.3. The maximum atomic E-state index is 13.1. The molecule has 1 unspecified atom stereocenters. The quantitative estimate of drug-likeness (QED) is 0.420. The van der Waals surface area contributed by atoms with Crippen molar-refractivity contribution in [2.45, 2.75) is 44.2 Å². The monoisotopic (exact) mass is 499 g/mol. The van der Waals surface area contributed by atoms with Gasteiger partial charge in [-0.15, -0.1) is 0 Å². The van der Waals surface area contributed by atoms with Crippen molar-refractivity contribution in [3.05, 3.63) is 54.1 Å². The van der Waals surface area contributed by atoms with Crippen LogP contribution in [0, 0.1) is 0 Å². The van der Waals surface area contributed by atoms with Crippen LogP contribution in [0.25, 0.3) is 11.0 Å². The zero-order chi connectivity index (χ0) is 24.8. The Labute approximate surface area is 206 Å². The molecule has 1 saturated heterocycles. The minimum absolute atomic E-state index is 0.0400. The molecule has 1 amide bonds. The van der Waals surface area contributed by atoms with Gasteiger partial charge in [0.2, 0.25) is 16.0 Å². The van der Waals surface area contributed by atoms with E-state index in [2.05, 4.69) is 33.8 Å². The molecule has 10 heteroatoms. The summed E-state index contributed by atoms with van der Waals surface area (Å²) in [4.78, 5) is 20.1. The van der Waals surface area contributed by atoms with Gasteiger partial charge in [0.1, 0.15) is 0 Å². The molecule has 2 N–H and O–H groups in total. The number of fused-ring (bicyclic) bond motifs is 1. The Kier molecular flexibility index (Phi) is 8.17. The number of amides is 1. The highest BCUT2D eigenvalue weighted by molar-refractivity contribution is 7.89. The van der Waals surface area contributed by atoms with Crippen LogP contribution < -0.4 is 10.0 Å². The molecule has 2 heterocycles. The van der Waals surface area contributed by atoms with Crippen molar-refractivity contribution in [2.24, 2.45) is 0 Å². The third-order valence-electron chi connectivity index (χ3n) is 6.35. The predicted octanol–water partition coefficient (Wildman–Crippen LogP) is 3.09. The zero-order valence-electron chi connectivity index (χ0n) is 20.2. The Bertz CT molecular complexity index is 1260. The van der Waals surface area contributed by atoms with Gasteiger partial charge >= 0.3 is 0 Å². The lowest BCUT2D eigenvalue weighted by Crippen LogP contribution is -2.32. The second-order valence-electron chi connectivity index (χ2n) is 8.57. The highest BCUT2D eigenvalue weighted by Crippen LogP contribution is 2.21. The van der Waals surface area contributed by atoms with Gasteiger partial charge in [-0.1, -0.05) is 32.0 Å². The standard InChI is InChI=1S/C25H33N5O4S/c1-3-29(4-2)14-15-30-23-13-6-5-12-22(23)27-25(30)28-24(31)19-9-7-11-21(17-19)35(32,33)26-18-20-10-8-16-34-20/h5-7,9,11-13,17,20,26H,3-4,8,10,14-16,18H2,1-2H3,(H,27,28,31). The number of carbonyl (C=O) groups is 1. The Balaban J connectivity index is 1.52. The molecule has 9 nitrogen and oxygen atoms in total. The number of ether oxygens (including phenoxy) is 1. The van der Waals surface area contributed by atoms with Crippen molar-refractivity contribution in [3.63, 3.8) is 0 Å². The summed E-state index contributed by atoms with van der Waals surface area (Å²) in [6, 6.07) is 13.8. The number of nitrogens with one attached hydrogen (secondary N) is 2. The van der Waals surface area contributed by atoms with Crippen LogP contribution in [0.15, 0.2) is 53.4 Å². The molecular formula is C25H33N5O4S. The van der Waals surface area contributed by atoms with Gasteiger partial charge in [0, 0.05) is 31.8 Å². The second-order valence-corrected chi connectivity index (χ2v) is 10.3. The fourth-order valence-corrected chi connectivity index (χ4v) is 5.36. The first kappa shape index (κ1) is 25.3. The van der Waals surface area contributed by atoms with E-state index in [1.165, 1.54) is 12.1 Å². The van der Waals surface area contributed by atoms with Crippen molar-refractivity contribution in [1.82, 2.24) is 19.2 Å². The topological polar surface area (TPSA) is 106 Å². The van der Waals surface area contributed by atoms with Gasteiger partial charge < -0.3 is 14.2 Å². The number of carbonyl (C=O) groups excluding carboxylic acids is 1. The van der Waals surface area contributed by atoms with Crippen molar-refractivity contribution >= 4 is 32.9 Å². The van der Waals surface area contributed by atoms with E-state index in [9.17, 15) is 13.2 Å². The van der Waals surface area contributed by atoms with Crippen LogP contribution >= 0.6 is 0 Å². The average molecular weight is 500 g/mol. The van der Waals surface area contributed by atoms with Gasteiger partial charge in [-0.25, -0.2) is 18.1 Å². The SMILES string of the molecule is CCN(CC)CCn1c(NC(=O)c2cccc(S(=O)(=O)NCC3CCCO3)c2)nc2ccccc21. The molecule has 0 aliphatic carbocycles. The van der Waals surface area contributed by atoms with Crippen molar-refractivity contribution in [3.8, 4) is 0 Å². The summed E-state index contributed by atoms with van der Waals surface area (Å²) in [5.74, 6) is 0.0219. The Hall–Kier alpha value is -2.79. The van der Waals surface area contributed by atoms with Crippen LogP contribution in [-0.2, 0) is 21.3 Å². The third-order valence-corrected chi connectivity index (χ3v) is 7.77. The molecule has 1 aliphatic heterocycles. The molecule has 1 aliphatic rings. The molecule has 4 rings (SSSR count). The first-order chi connectivity index (χ1) is 16.9. The highest BCUT2D eigenvalue weighted by Gasteiger charge is 2.22. The lowest BCUT2D eigenvalue weighted by Gasteiger charge is -2.19. The van der Waals surface area contributed by atoms with Crippen molar-refractivity contribution in [1.29, 1.82) is 0 Å². The number of hydrogen-bond donors (Lipinski definition) is 2. The van der Waals surface area contributed by atoms with Crippen LogP contribution in [0.4, 0.5) is 5.95 Å². The number of nitrogens with zero attached hydrogens (tertiary/aromatic N) is 3. The van der Waals surface area contributed by atoms with Crippen LogP contribution in [0.1, 0.15) is 37.0 Å². The van der Waals surface area contributed by atoms with Gasteiger partial charge in [-0.2, -0.15) is 0 Å². The fraction of sp³-hybridized carbons (Fsp3) is 0.440. The molecule has 3 aromatic rings. The minimum Gasteiger partial charge on any atom is -0.377 e. The number of imidazole rings is 1. The molecule has 0 saturated carbocycles. The summed E-state index contributed by atoms with van der Waals surface area (Å²) >= 11 is 0. The first-order valence-electron chi connectivity index (χ1n) is 12.1. The summed E-state index contributed by atoms with van der Waals surface area (Å²) in [6.07, 6.45) is 1.66. The maximum absolute atomic E-state index is 13.1. The van der Waals surface area contributed by atoms with Crippen LogP contribution in [0.2, 0.25) is 0 Å². The smallest absolute Gasteiger partial charge is 0.258 e. The van der Waals surface area contributed by atoms with Gasteiger partial charge in [-0.05, 0) is 56.3 Å². The number of benzene rings is 2. The molecular weight excluding hydrogens is 466 g/mol. The molecule has 2 aromatic carbocycles. The van der Waals surface area contributed by atoms with Gasteiger partial charge in [0.05, 0.1) is 22.0 Å². The number of aromatic nitrogens is 2. The third kappa shape index (κ3) is 6.07. The molecule has 188 valence electrons. The number of rotatable bonds is 11. The van der Waals surface area contributed by atoms with E-state index in [0.29, 0.717) is 19.1 Å². The van der Waals surface area contributed by atoms with E-state index < -0.39 is 15.9 Å². The molecule has 0 spiro atoms. The predicted molar refractivity (Wildman–Crippen MR) is 136 cm³/mol. The number of sulfonamides is 1. The Morgan fingerprint density at radius 1 is 1.17 bits per heavy atom. The molecule has 1 aromatic heterocycles. The maximum Gasteiger partial charge on any atom is 0.258 e. The summed E-state index contributed by atoms with van der Waals surface area (Å²) < 4.78 is 35.6. The largest absolute Gasteiger partial charge is 0.377 e. The number of hydrogen-bond acceptors (Lipinski definition) is 6. The highest BCUT2D eigenvalue weighted by atomic mass is 32.2. The van der Waals surface area contributed by atoms with Crippen LogP contribution in [0.5, 0.6) is 0 Å². The zero-order valence-corrected chi connectivity index (χ0v) is 21.1. The van der Waals surface area contributed by atoms with Crippen molar-refractivity contribution < 1.29 is 17.9 Å². The molecule has 1 atom stereocenters. The number of para-hydroxylation sites is 2. The lowest BCUT2D eigenvalue weighted by atomic mass is 10.2. The molecule has 1 fully saturated rings. The Morgan fingerprint density at radius 3 is 2.71 bits per heavy atom. The Morgan fingerprint density at radius 2 is 1.97 bits per heavy atom. The van der Waals surface area contributed by atoms with E-state index in [-0.39, 0.29) is 23.1 Å². The molecule has 0 bridgehead atoms. The first-order valence-corrected chi connectivity index (χ1v) is 13.6. The van der Waals surface area contributed by atoms with Crippen molar-refractivity contribution in [2.75, 3.05) is 38.1 Å². The summed E-state index contributed by atoms with van der Waals surface area (Å²) in [5.41, 5.74) is 1.97. The lowest BCUT2D eigenvalue weighted by molar-refractivity contribution is 0.102. The van der Waals surface area contributed by atoms with Gasteiger partial charge in [0.15, 0.2) is 0 Å². The van der Waals surface area contributed by atoms with Gasteiger partial charge in [-0.3, -0.25) is 10.1 Å². The average Bonchev–Trinajstić information content (AvgIpc) is 3.51. The summed E-state index contributed by atoms with van der Waals surface area (Å²) in [5, 5.41) is 2.89. The van der Waals surface area contributed by atoms with E-state index >= 15 is 0 Å². The normalized spacial score (nSPS) is 16.3. The number of anilines is 1. The molecule has 35 heavy (non-hydrogen) atoms. The molecule has 0 radical (unpaired) electrons. The van der Waals surface area contributed by atoms with Gasteiger partial charge in [0.25, 0.3) is 5.91 Å². The van der Waals surface area contributed by atoms with E-state index in [1.807, 2.05) is 28.8 Å². The van der Waals surface area contributed by atoms with E-state index in [4.69, 9.17) is 4.74 Å². The summed E-state index contributed by atoms with van der Waals surface area (Å²) in [7, 11) is -3.77. The van der Waals surface area contributed by atoms with E-state index in [1.54, 1.807) is 12.1 Å². The summed E-state index contributed by atoms with van der Waals surface area (Å²) in [6.45, 7) is 8.47. The number of likely N-dealkylation sites (N-methyl/N-ethyl adjacent to an activating group) is 1.